The monoisotopic (exact) mass is 419 g/mol. The zero-order chi connectivity index (χ0) is 21.6. The zero-order valence-electron chi connectivity index (χ0n) is 16.2. The molecule has 0 aliphatic carbocycles. The van der Waals surface area contributed by atoms with Gasteiger partial charge in [-0.05, 0) is 34.9 Å². The molecule has 0 radical (unpaired) electrons. The van der Waals surface area contributed by atoms with Crippen molar-refractivity contribution in [3.63, 3.8) is 0 Å². The molecule has 30 heavy (non-hydrogen) atoms. The van der Waals surface area contributed by atoms with E-state index in [2.05, 4.69) is 20.7 Å². The second kappa shape index (κ2) is 9.43. The van der Waals surface area contributed by atoms with Crippen LogP contribution in [0, 0.1) is 5.82 Å². The number of nitrogens with one attached hydrogen (secondary N) is 2. The number of hydrogen-bond donors (Lipinski definition) is 2. The van der Waals surface area contributed by atoms with Crippen LogP contribution in [0.25, 0.3) is 0 Å². The summed E-state index contributed by atoms with van der Waals surface area (Å²) in [6.45, 7) is 0.873. The highest BCUT2D eigenvalue weighted by Gasteiger charge is 2.33. The number of aliphatic imine (C=N–C) groups is 1. The first kappa shape index (κ1) is 21.4. The summed E-state index contributed by atoms with van der Waals surface area (Å²) in [5.41, 5.74) is 0.997. The van der Waals surface area contributed by atoms with Gasteiger partial charge in [0.15, 0.2) is 5.96 Å². The van der Waals surface area contributed by atoms with Crippen molar-refractivity contribution >= 4 is 5.96 Å². The first-order valence-corrected chi connectivity index (χ1v) is 9.21. The predicted molar refractivity (Wildman–Crippen MR) is 106 cm³/mol. The third kappa shape index (κ3) is 5.59. The van der Waals surface area contributed by atoms with Crippen LogP contribution in [-0.2, 0) is 25.8 Å². The van der Waals surface area contributed by atoms with Gasteiger partial charge in [-0.15, -0.1) is 0 Å². The van der Waals surface area contributed by atoms with E-state index in [1.54, 1.807) is 10.9 Å². The van der Waals surface area contributed by atoms with Gasteiger partial charge in [0.1, 0.15) is 5.82 Å². The number of rotatable bonds is 6. The van der Waals surface area contributed by atoms with Gasteiger partial charge in [-0.25, -0.2) is 4.39 Å². The SMILES string of the molecule is CN=C(NCc1ccccc1Cn1cccn1)NCc1ccc(F)cc1C(F)(F)F. The lowest BCUT2D eigenvalue weighted by molar-refractivity contribution is -0.138. The molecule has 0 unspecified atom stereocenters. The molecule has 1 aromatic heterocycles. The Morgan fingerprint density at radius 3 is 2.33 bits per heavy atom. The fraction of sp³-hybridized carbons (Fsp3) is 0.238. The molecule has 0 fully saturated rings. The second-order valence-corrected chi connectivity index (χ2v) is 6.55. The van der Waals surface area contributed by atoms with Crippen molar-refractivity contribution in [2.24, 2.45) is 4.99 Å². The highest BCUT2D eigenvalue weighted by molar-refractivity contribution is 5.79. The molecule has 158 valence electrons. The van der Waals surface area contributed by atoms with Gasteiger partial charge in [0, 0.05) is 32.5 Å². The number of alkyl halides is 3. The van der Waals surface area contributed by atoms with Gasteiger partial charge >= 0.3 is 6.18 Å². The standard InChI is InChI=1S/C21H21F4N5/c1-26-20(28-13-16-7-8-18(22)11-19(16)21(23,24)25)27-12-15-5-2-3-6-17(15)14-30-10-4-9-29-30/h2-11H,12-14H2,1H3,(H2,26,27,28). The van der Waals surface area contributed by atoms with E-state index in [1.165, 1.54) is 7.05 Å². The number of halogens is 4. The largest absolute Gasteiger partial charge is 0.416 e. The summed E-state index contributed by atoms with van der Waals surface area (Å²) in [5.74, 6) is -0.594. The molecule has 0 saturated carbocycles. The molecule has 1 heterocycles. The molecule has 3 rings (SSSR count). The van der Waals surface area contributed by atoms with Crippen LogP contribution in [0.1, 0.15) is 22.3 Å². The fourth-order valence-electron chi connectivity index (χ4n) is 3.00. The molecule has 0 aliphatic rings. The van der Waals surface area contributed by atoms with Crippen LogP contribution in [0.15, 0.2) is 65.9 Å². The fourth-order valence-corrected chi connectivity index (χ4v) is 3.00. The third-order valence-electron chi connectivity index (χ3n) is 4.50. The summed E-state index contributed by atoms with van der Waals surface area (Å²) in [6, 6.07) is 12.3. The van der Waals surface area contributed by atoms with Crippen molar-refractivity contribution in [3.05, 3.63) is 89.0 Å². The van der Waals surface area contributed by atoms with Crippen LogP contribution in [0.3, 0.4) is 0 Å². The van der Waals surface area contributed by atoms with E-state index in [-0.39, 0.29) is 12.1 Å². The van der Waals surface area contributed by atoms with Gasteiger partial charge in [-0.2, -0.15) is 18.3 Å². The van der Waals surface area contributed by atoms with Gasteiger partial charge < -0.3 is 10.6 Å². The Morgan fingerprint density at radius 2 is 1.70 bits per heavy atom. The Balaban J connectivity index is 1.64. The molecule has 3 aromatic rings. The Bertz CT molecular complexity index is 997. The molecular formula is C21H21F4N5. The van der Waals surface area contributed by atoms with E-state index in [0.29, 0.717) is 25.1 Å². The normalized spacial score (nSPS) is 12.1. The van der Waals surface area contributed by atoms with Crippen LogP contribution in [0.2, 0.25) is 0 Å². The summed E-state index contributed by atoms with van der Waals surface area (Å²) in [5, 5.41) is 10.2. The minimum absolute atomic E-state index is 0.0640. The minimum atomic E-state index is -4.64. The van der Waals surface area contributed by atoms with E-state index in [4.69, 9.17) is 0 Å². The number of benzene rings is 2. The average molecular weight is 419 g/mol. The summed E-state index contributed by atoms with van der Waals surface area (Å²) in [4.78, 5) is 4.05. The van der Waals surface area contributed by atoms with Crippen LogP contribution < -0.4 is 10.6 Å². The van der Waals surface area contributed by atoms with Gasteiger partial charge in [0.2, 0.25) is 0 Å². The first-order valence-electron chi connectivity index (χ1n) is 9.21. The van der Waals surface area contributed by atoms with Crippen molar-refractivity contribution in [1.82, 2.24) is 20.4 Å². The van der Waals surface area contributed by atoms with Crippen molar-refractivity contribution in [3.8, 4) is 0 Å². The van der Waals surface area contributed by atoms with Crippen molar-refractivity contribution in [2.75, 3.05) is 7.05 Å². The van der Waals surface area contributed by atoms with Gasteiger partial charge in [0.05, 0.1) is 12.1 Å². The van der Waals surface area contributed by atoms with Gasteiger partial charge in [-0.1, -0.05) is 30.3 Å². The molecule has 5 nitrogen and oxygen atoms in total. The van der Waals surface area contributed by atoms with E-state index in [9.17, 15) is 17.6 Å². The first-order chi connectivity index (χ1) is 14.4. The summed E-state index contributed by atoms with van der Waals surface area (Å²) in [7, 11) is 1.53. The lowest BCUT2D eigenvalue weighted by atomic mass is 10.1. The molecular weight excluding hydrogens is 398 g/mol. The molecule has 0 amide bonds. The van der Waals surface area contributed by atoms with Crippen LogP contribution in [0.5, 0.6) is 0 Å². The molecule has 0 aliphatic heterocycles. The van der Waals surface area contributed by atoms with E-state index < -0.39 is 17.6 Å². The summed E-state index contributed by atoms with van der Waals surface area (Å²) in [6.07, 6.45) is -1.07. The Kier molecular flexibility index (Phi) is 6.71. The Hall–Kier alpha value is -3.36. The molecule has 9 heteroatoms. The Morgan fingerprint density at radius 1 is 1.00 bits per heavy atom. The maximum absolute atomic E-state index is 13.3. The predicted octanol–water partition coefficient (Wildman–Crippen LogP) is 3.95. The van der Waals surface area contributed by atoms with E-state index in [1.807, 2.05) is 36.5 Å². The maximum Gasteiger partial charge on any atom is 0.416 e. The molecule has 0 saturated heterocycles. The molecule has 0 bridgehead atoms. The van der Waals surface area contributed by atoms with E-state index in [0.717, 1.165) is 23.3 Å². The topological polar surface area (TPSA) is 54.2 Å². The maximum atomic E-state index is 13.3. The highest BCUT2D eigenvalue weighted by atomic mass is 19.4. The smallest absolute Gasteiger partial charge is 0.352 e. The number of nitrogens with zero attached hydrogens (tertiary/aromatic N) is 3. The molecule has 2 aromatic carbocycles. The van der Waals surface area contributed by atoms with Crippen LogP contribution in [-0.4, -0.2) is 22.8 Å². The quantitative estimate of drug-likeness (QED) is 0.361. The third-order valence-corrected chi connectivity index (χ3v) is 4.50. The van der Waals surface area contributed by atoms with Crippen molar-refractivity contribution < 1.29 is 17.6 Å². The van der Waals surface area contributed by atoms with Crippen LogP contribution in [0.4, 0.5) is 17.6 Å². The number of hydrogen-bond acceptors (Lipinski definition) is 2. The number of guanidine groups is 1. The average Bonchev–Trinajstić information content (AvgIpc) is 3.22. The summed E-state index contributed by atoms with van der Waals surface area (Å²) < 4.78 is 54.5. The van der Waals surface area contributed by atoms with Gasteiger partial charge in [0.25, 0.3) is 0 Å². The number of aromatic nitrogens is 2. The lowest BCUT2D eigenvalue weighted by Crippen LogP contribution is -2.37. The Labute approximate surface area is 171 Å². The minimum Gasteiger partial charge on any atom is -0.352 e. The molecule has 0 atom stereocenters. The summed E-state index contributed by atoms with van der Waals surface area (Å²) >= 11 is 0. The van der Waals surface area contributed by atoms with Crippen molar-refractivity contribution in [2.45, 2.75) is 25.8 Å². The molecule has 2 N–H and O–H groups in total. The van der Waals surface area contributed by atoms with Gasteiger partial charge in [-0.3, -0.25) is 9.67 Å². The zero-order valence-corrected chi connectivity index (χ0v) is 16.2. The van der Waals surface area contributed by atoms with Crippen molar-refractivity contribution in [1.29, 1.82) is 0 Å². The highest BCUT2D eigenvalue weighted by Crippen LogP contribution is 2.32. The van der Waals surface area contributed by atoms with Crippen LogP contribution >= 0.6 is 0 Å². The lowest BCUT2D eigenvalue weighted by Gasteiger charge is -2.17. The second-order valence-electron chi connectivity index (χ2n) is 6.55. The van der Waals surface area contributed by atoms with E-state index >= 15 is 0 Å². The molecule has 0 spiro atoms.